The van der Waals surface area contributed by atoms with Crippen molar-refractivity contribution < 1.29 is 14.6 Å². The smallest absolute Gasteiger partial charge is 0.258 e. The first-order chi connectivity index (χ1) is 16.2. The highest BCUT2D eigenvalue weighted by Crippen LogP contribution is 2.34. The van der Waals surface area contributed by atoms with Crippen LogP contribution < -0.4 is 10.2 Å². The van der Waals surface area contributed by atoms with Crippen LogP contribution in [0.5, 0.6) is 5.75 Å². The van der Waals surface area contributed by atoms with Gasteiger partial charge < -0.3 is 25.0 Å². The molecule has 3 N–H and O–H groups in total. The molecule has 2 aromatic carbocycles. The number of phenols is 1. The van der Waals surface area contributed by atoms with Gasteiger partial charge in [0.05, 0.1) is 24.3 Å². The first-order valence-corrected chi connectivity index (χ1v) is 11.9. The number of amides is 1. The highest BCUT2D eigenvalue weighted by Gasteiger charge is 2.28. The van der Waals surface area contributed by atoms with Gasteiger partial charge in [-0.2, -0.15) is 5.10 Å². The van der Waals surface area contributed by atoms with E-state index in [-0.39, 0.29) is 11.7 Å². The number of hydrogen-bond donors (Lipinski definition) is 3. The summed E-state index contributed by atoms with van der Waals surface area (Å²) >= 11 is 0. The summed E-state index contributed by atoms with van der Waals surface area (Å²) in [4.78, 5) is 17.6. The summed E-state index contributed by atoms with van der Waals surface area (Å²) in [6.07, 6.45) is 4.73. The van der Waals surface area contributed by atoms with Crippen molar-refractivity contribution >= 4 is 28.3 Å². The number of phenolic OH excluding ortho intramolecular Hbond substituents is 1. The Kier molecular flexibility index (Phi) is 5.10. The van der Waals surface area contributed by atoms with Crippen LogP contribution in [-0.4, -0.2) is 58.5 Å². The van der Waals surface area contributed by atoms with Gasteiger partial charge >= 0.3 is 0 Å². The van der Waals surface area contributed by atoms with Crippen LogP contribution >= 0.6 is 0 Å². The molecule has 8 heteroatoms. The Labute approximate surface area is 192 Å². The van der Waals surface area contributed by atoms with Crippen LogP contribution in [0.1, 0.15) is 47.2 Å². The number of ether oxygens (including phenoxy) is 1. The van der Waals surface area contributed by atoms with Gasteiger partial charge in [0.1, 0.15) is 5.75 Å². The largest absolute Gasteiger partial charge is 0.507 e. The number of aromatic hydroxyl groups is 1. The molecule has 1 saturated carbocycles. The van der Waals surface area contributed by atoms with E-state index in [1.54, 1.807) is 17.0 Å². The highest BCUT2D eigenvalue weighted by atomic mass is 16.5. The number of benzene rings is 2. The number of nitrogens with zero attached hydrogens (tertiary/aromatic N) is 3. The average molecular weight is 448 g/mol. The molecule has 172 valence electrons. The third-order valence-corrected chi connectivity index (χ3v) is 7.18. The van der Waals surface area contributed by atoms with Crippen LogP contribution in [0, 0.1) is 0 Å². The number of fused-ring (bicyclic) bond motifs is 2. The molecule has 1 saturated heterocycles. The van der Waals surface area contributed by atoms with Crippen LogP contribution in [0.4, 0.5) is 11.5 Å². The van der Waals surface area contributed by atoms with Crippen molar-refractivity contribution in [1.29, 1.82) is 0 Å². The summed E-state index contributed by atoms with van der Waals surface area (Å²) in [5, 5.41) is 22.4. The number of anilines is 2. The van der Waals surface area contributed by atoms with Gasteiger partial charge in [-0.1, -0.05) is 18.9 Å². The molecule has 33 heavy (non-hydrogen) atoms. The van der Waals surface area contributed by atoms with Gasteiger partial charge in [0.2, 0.25) is 0 Å². The number of nitrogens with one attached hydrogen (secondary N) is 2. The van der Waals surface area contributed by atoms with E-state index in [1.807, 2.05) is 0 Å². The van der Waals surface area contributed by atoms with Crippen molar-refractivity contribution in [3.63, 3.8) is 0 Å². The van der Waals surface area contributed by atoms with Crippen molar-refractivity contribution in [3.8, 4) is 5.75 Å². The standard InChI is InChI=1S/C25H29N5O3/c31-23-13-22-20(24(28-27-22)26-18-3-1-2-4-18)12-21(23)25(32)30-14-16-5-6-19(11-17(16)15-30)29-7-9-33-10-8-29/h5-6,11-13,18,31H,1-4,7-10,14-15H2,(H2,26,27,28). The number of aromatic amines is 1. The molecule has 2 aliphatic heterocycles. The third kappa shape index (κ3) is 3.78. The van der Waals surface area contributed by atoms with Gasteiger partial charge in [0.25, 0.3) is 5.91 Å². The predicted octanol–water partition coefficient (Wildman–Crippen LogP) is 3.62. The second-order valence-corrected chi connectivity index (χ2v) is 9.33. The maximum absolute atomic E-state index is 13.4. The summed E-state index contributed by atoms with van der Waals surface area (Å²) in [5.41, 5.74) is 4.55. The highest BCUT2D eigenvalue weighted by molar-refractivity contribution is 6.03. The van der Waals surface area contributed by atoms with Crippen molar-refractivity contribution in [1.82, 2.24) is 15.1 Å². The van der Waals surface area contributed by atoms with Gasteiger partial charge in [0.15, 0.2) is 5.82 Å². The van der Waals surface area contributed by atoms with Gasteiger partial charge in [0, 0.05) is 49.4 Å². The lowest BCUT2D eigenvalue weighted by atomic mass is 10.1. The first kappa shape index (κ1) is 20.4. The van der Waals surface area contributed by atoms with E-state index >= 15 is 0 Å². The lowest BCUT2D eigenvalue weighted by Gasteiger charge is -2.29. The summed E-state index contributed by atoms with van der Waals surface area (Å²) in [7, 11) is 0. The second-order valence-electron chi connectivity index (χ2n) is 9.33. The molecular weight excluding hydrogens is 418 g/mol. The molecule has 6 rings (SSSR count). The fraction of sp³-hybridized carbons (Fsp3) is 0.440. The fourth-order valence-corrected chi connectivity index (χ4v) is 5.31. The molecule has 0 radical (unpaired) electrons. The first-order valence-electron chi connectivity index (χ1n) is 11.9. The maximum atomic E-state index is 13.4. The average Bonchev–Trinajstić information content (AvgIpc) is 3.59. The number of H-pyrrole nitrogens is 1. The van der Waals surface area contributed by atoms with Crippen LogP contribution in [0.3, 0.4) is 0 Å². The van der Waals surface area contributed by atoms with Crippen LogP contribution in [0.25, 0.3) is 10.9 Å². The minimum absolute atomic E-state index is 0.0199. The van der Waals surface area contributed by atoms with Gasteiger partial charge in [-0.25, -0.2) is 0 Å². The van der Waals surface area contributed by atoms with E-state index in [0.717, 1.165) is 61.4 Å². The quantitative estimate of drug-likeness (QED) is 0.566. The van der Waals surface area contributed by atoms with E-state index in [2.05, 4.69) is 38.6 Å². The van der Waals surface area contributed by atoms with Gasteiger partial charge in [-0.3, -0.25) is 9.89 Å². The van der Waals surface area contributed by atoms with Gasteiger partial charge in [-0.15, -0.1) is 0 Å². The van der Waals surface area contributed by atoms with Crippen molar-refractivity contribution in [2.45, 2.75) is 44.8 Å². The summed E-state index contributed by atoms with van der Waals surface area (Å²) in [6, 6.07) is 10.2. The molecule has 1 aromatic heterocycles. The van der Waals surface area contributed by atoms with Gasteiger partial charge in [-0.05, 0) is 42.2 Å². The Balaban J connectivity index is 1.24. The van der Waals surface area contributed by atoms with E-state index in [4.69, 9.17) is 4.74 Å². The van der Waals surface area contributed by atoms with Crippen LogP contribution in [0.15, 0.2) is 30.3 Å². The van der Waals surface area contributed by atoms with E-state index in [0.29, 0.717) is 24.7 Å². The molecule has 2 fully saturated rings. The molecule has 3 aromatic rings. The molecule has 0 unspecified atom stereocenters. The zero-order valence-electron chi connectivity index (χ0n) is 18.6. The topological polar surface area (TPSA) is 93.7 Å². The molecule has 0 spiro atoms. The summed E-state index contributed by atoms with van der Waals surface area (Å²) in [5.74, 6) is 0.575. The minimum atomic E-state index is -0.161. The lowest BCUT2D eigenvalue weighted by molar-refractivity contribution is 0.0748. The van der Waals surface area contributed by atoms with Crippen molar-refractivity contribution in [2.75, 3.05) is 36.5 Å². The summed E-state index contributed by atoms with van der Waals surface area (Å²) in [6.45, 7) is 4.36. The number of carbonyl (C=O) groups is 1. The number of aromatic nitrogens is 2. The molecule has 0 atom stereocenters. The number of rotatable bonds is 4. The zero-order valence-corrected chi connectivity index (χ0v) is 18.6. The Morgan fingerprint density at radius 3 is 2.70 bits per heavy atom. The van der Waals surface area contributed by atoms with Crippen LogP contribution in [-0.2, 0) is 17.8 Å². The molecule has 3 heterocycles. The molecule has 1 amide bonds. The lowest BCUT2D eigenvalue weighted by Crippen LogP contribution is -2.36. The Hall–Kier alpha value is -3.26. The Morgan fingerprint density at radius 1 is 1.09 bits per heavy atom. The molecule has 8 nitrogen and oxygen atoms in total. The summed E-state index contributed by atoms with van der Waals surface area (Å²) < 4.78 is 5.46. The van der Waals surface area contributed by atoms with E-state index < -0.39 is 0 Å². The normalized spacial score (nSPS) is 18.8. The minimum Gasteiger partial charge on any atom is -0.507 e. The monoisotopic (exact) mass is 447 g/mol. The predicted molar refractivity (Wildman–Crippen MR) is 127 cm³/mol. The number of carbonyl (C=O) groups excluding carboxylic acids is 1. The molecule has 0 bridgehead atoms. The maximum Gasteiger partial charge on any atom is 0.258 e. The fourth-order valence-electron chi connectivity index (χ4n) is 5.31. The molecular formula is C25H29N5O3. The van der Waals surface area contributed by atoms with Crippen LogP contribution in [0.2, 0.25) is 0 Å². The third-order valence-electron chi connectivity index (χ3n) is 7.18. The van der Waals surface area contributed by atoms with Crippen molar-refractivity contribution in [3.05, 3.63) is 47.0 Å². The SMILES string of the molecule is O=C(c1cc2c(NC3CCCC3)n[nH]c2cc1O)N1Cc2ccc(N3CCOCC3)cc2C1. The Morgan fingerprint density at radius 2 is 1.88 bits per heavy atom. The van der Waals surface area contributed by atoms with E-state index in [1.165, 1.54) is 24.1 Å². The zero-order chi connectivity index (χ0) is 22.4. The van der Waals surface area contributed by atoms with Crippen molar-refractivity contribution in [2.24, 2.45) is 0 Å². The number of morpholine rings is 1. The number of hydrogen-bond acceptors (Lipinski definition) is 6. The Bertz CT molecular complexity index is 1190. The van der Waals surface area contributed by atoms with E-state index in [9.17, 15) is 9.90 Å². The molecule has 3 aliphatic rings. The molecule has 1 aliphatic carbocycles. The second kappa shape index (κ2) is 8.26.